The largest absolute Gasteiger partial charge is 0.326 e. The number of amides is 1. The predicted molar refractivity (Wildman–Crippen MR) is 131 cm³/mol. The molecule has 34 heavy (non-hydrogen) atoms. The van der Waals surface area contributed by atoms with Crippen LogP contribution in [-0.4, -0.2) is 57.5 Å². The predicted octanol–water partition coefficient (Wildman–Crippen LogP) is 2.96. The minimum absolute atomic E-state index is 0.0448. The zero-order valence-corrected chi connectivity index (χ0v) is 20.9. The van der Waals surface area contributed by atoms with Gasteiger partial charge in [-0.15, -0.1) is 0 Å². The van der Waals surface area contributed by atoms with Gasteiger partial charge in [0, 0.05) is 37.8 Å². The molecule has 2 aromatic rings. The van der Waals surface area contributed by atoms with Gasteiger partial charge >= 0.3 is 0 Å². The third-order valence-electron chi connectivity index (χ3n) is 6.51. The minimum atomic E-state index is -3.49. The number of hydrogen-bond donors (Lipinski definition) is 1. The van der Waals surface area contributed by atoms with Crippen LogP contribution in [0.3, 0.4) is 0 Å². The molecule has 0 aliphatic carbocycles. The maximum Gasteiger partial charge on any atom is 0.243 e. The smallest absolute Gasteiger partial charge is 0.243 e. The lowest BCUT2D eigenvalue weighted by Crippen LogP contribution is -2.41. The Bertz CT molecular complexity index is 1210. The Morgan fingerprint density at radius 2 is 1.44 bits per heavy atom. The van der Waals surface area contributed by atoms with Gasteiger partial charge in [0.1, 0.15) is 0 Å². The van der Waals surface area contributed by atoms with E-state index in [2.05, 4.69) is 5.32 Å². The van der Waals surface area contributed by atoms with Crippen molar-refractivity contribution in [2.75, 3.05) is 31.5 Å². The van der Waals surface area contributed by atoms with E-state index in [4.69, 9.17) is 0 Å². The van der Waals surface area contributed by atoms with Crippen molar-refractivity contribution in [3.63, 3.8) is 0 Å². The van der Waals surface area contributed by atoms with Crippen molar-refractivity contribution in [3.8, 4) is 0 Å². The zero-order valence-electron chi connectivity index (χ0n) is 19.3. The fourth-order valence-corrected chi connectivity index (χ4v) is 7.49. The molecular formula is C24H31N3O5S2. The zero-order chi connectivity index (χ0) is 24.3. The SMILES string of the molecule is Cc1ccc(CS(=O)(=O)N2CCC(C(=O)Nc3ccc(S(=O)(=O)N4CCCC4)cc3)CC2)cc1. The normalized spacial score (nSPS) is 18.7. The number of anilines is 1. The Kier molecular flexibility index (Phi) is 7.42. The lowest BCUT2D eigenvalue weighted by molar-refractivity contribution is -0.120. The Balaban J connectivity index is 1.31. The molecule has 4 rings (SSSR count). The quantitative estimate of drug-likeness (QED) is 0.623. The third kappa shape index (κ3) is 5.68. The number of hydrogen-bond acceptors (Lipinski definition) is 5. The van der Waals surface area contributed by atoms with Crippen LogP contribution in [0.25, 0.3) is 0 Å². The molecule has 8 nitrogen and oxygen atoms in total. The summed E-state index contributed by atoms with van der Waals surface area (Å²) in [6, 6.07) is 13.7. The molecule has 2 heterocycles. The van der Waals surface area contributed by atoms with Crippen molar-refractivity contribution in [3.05, 3.63) is 59.7 Å². The number of piperidine rings is 1. The Hall–Kier alpha value is -2.27. The highest BCUT2D eigenvalue weighted by molar-refractivity contribution is 7.89. The Labute approximate surface area is 202 Å². The van der Waals surface area contributed by atoms with E-state index in [1.165, 1.54) is 20.7 Å². The van der Waals surface area contributed by atoms with Crippen molar-refractivity contribution < 1.29 is 21.6 Å². The number of carbonyl (C=O) groups excluding carboxylic acids is 1. The van der Waals surface area contributed by atoms with Gasteiger partial charge in [-0.05, 0) is 62.4 Å². The van der Waals surface area contributed by atoms with Gasteiger partial charge in [0.05, 0.1) is 10.6 Å². The first-order valence-corrected chi connectivity index (χ1v) is 14.6. The van der Waals surface area contributed by atoms with E-state index >= 15 is 0 Å². The average molecular weight is 506 g/mol. The number of benzene rings is 2. The van der Waals surface area contributed by atoms with E-state index < -0.39 is 20.0 Å². The first-order chi connectivity index (χ1) is 16.1. The fourth-order valence-electron chi connectivity index (χ4n) is 4.41. The molecule has 0 spiro atoms. The molecule has 0 bridgehead atoms. The number of rotatable bonds is 7. The first-order valence-electron chi connectivity index (χ1n) is 11.6. The summed E-state index contributed by atoms with van der Waals surface area (Å²) < 4.78 is 53.8. The van der Waals surface area contributed by atoms with Crippen molar-refractivity contribution >= 4 is 31.6 Å². The summed E-state index contributed by atoms with van der Waals surface area (Å²) >= 11 is 0. The summed E-state index contributed by atoms with van der Waals surface area (Å²) in [5.74, 6) is -0.513. The summed E-state index contributed by atoms with van der Waals surface area (Å²) in [6.45, 7) is 3.65. The van der Waals surface area contributed by atoms with Crippen LogP contribution >= 0.6 is 0 Å². The molecule has 10 heteroatoms. The van der Waals surface area contributed by atoms with Crippen LogP contribution in [0.1, 0.15) is 36.8 Å². The van der Waals surface area contributed by atoms with E-state index in [-0.39, 0.29) is 22.5 Å². The van der Waals surface area contributed by atoms with E-state index in [0.717, 1.165) is 24.0 Å². The highest BCUT2D eigenvalue weighted by atomic mass is 32.2. The topological polar surface area (TPSA) is 104 Å². The molecule has 0 aromatic heterocycles. The fraction of sp³-hybridized carbons (Fsp3) is 0.458. The van der Waals surface area contributed by atoms with E-state index in [0.29, 0.717) is 44.7 Å². The van der Waals surface area contributed by atoms with Crippen LogP contribution in [0.2, 0.25) is 0 Å². The van der Waals surface area contributed by atoms with Crippen LogP contribution in [-0.2, 0) is 30.6 Å². The summed E-state index contributed by atoms with van der Waals surface area (Å²) in [4.78, 5) is 13.0. The lowest BCUT2D eigenvalue weighted by atomic mass is 9.97. The molecular weight excluding hydrogens is 474 g/mol. The second-order valence-electron chi connectivity index (χ2n) is 9.04. The monoisotopic (exact) mass is 505 g/mol. The van der Waals surface area contributed by atoms with Crippen molar-refractivity contribution in [2.24, 2.45) is 5.92 Å². The Morgan fingerprint density at radius 3 is 2.03 bits per heavy atom. The van der Waals surface area contributed by atoms with Crippen LogP contribution < -0.4 is 5.32 Å². The van der Waals surface area contributed by atoms with Crippen molar-refractivity contribution in [1.82, 2.24) is 8.61 Å². The molecule has 0 saturated carbocycles. The maximum atomic E-state index is 12.8. The van der Waals surface area contributed by atoms with Crippen molar-refractivity contribution in [1.29, 1.82) is 0 Å². The van der Waals surface area contributed by atoms with Gasteiger partial charge in [0.15, 0.2) is 0 Å². The highest BCUT2D eigenvalue weighted by Crippen LogP contribution is 2.25. The maximum absolute atomic E-state index is 12.8. The Morgan fingerprint density at radius 1 is 0.853 bits per heavy atom. The molecule has 2 fully saturated rings. The van der Waals surface area contributed by atoms with Crippen molar-refractivity contribution in [2.45, 2.75) is 43.3 Å². The van der Waals surface area contributed by atoms with Crippen LogP contribution in [0, 0.1) is 12.8 Å². The summed E-state index contributed by atoms with van der Waals surface area (Å²) in [6.07, 6.45) is 2.64. The lowest BCUT2D eigenvalue weighted by Gasteiger charge is -2.30. The summed E-state index contributed by atoms with van der Waals surface area (Å²) in [5, 5.41) is 2.84. The average Bonchev–Trinajstić information content (AvgIpc) is 3.37. The molecule has 1 amide bonds. The van der Waals surface area contributed by atoms with Gasteiger partial charge in [-0.3, -0.25) is 4.79 Å². The van der Waals surface area contributed by atoms with Gasteiger partial charge in [0.25, 0.3) is 0 Å². The molecule has 2 aliphatic heterocycles. The molecule has 1 N–H and O–H groups in total. The van der Waals surface area contributed by atoms with Crippen LogP contribution in [0.5, 0.6) is 0 Å². The third-order valence-corrected chi connectivity index (χ3v) is 10.3. The number of carbonyl (C=O) groups is 1. The van der Waals surface area contributed by atoms with E-state index in [1.807, 2.05) is 31.2 Å². The molecule has 2 aliphatic rings. The van der Waals surface area contributed by atoms with E-state index in [1.54, 1.807) is 12.1 Å². The molecule has 2 aromatic carbocycles. The summed E-state index contributed by atoms with van der Waals surface area (Å²) in [7, 11) is -6.93. The molecule has 184 valence electrons. The highest BCUT2D eigenvalue weighted by Gasteiger charge is 2.31. The van der Waals surface area contributed by atoms with Crippen LogP contribution in [0.15, 0.2) is 53.4 Å². The molecule has 0 unspecified atom stereocenters. The van der Waals surface area contributed by atoms with Gasteiger partial charge < -0.3 is 5.32 Å². The number of sulfonamides is 2. The molecule has 0 radical (unpaired) electrons. The molecule has 2 saturated heterocycles. The van der Waals surface area contributed by atoms with Gasteiger partial charge in [-0.2, -0.15) is 4.31 Å². The van der Waals surface area contributed by atoms with Crippen LogP contribution in [0.4, 0.5) is 5.69 Å². The number of nitrogens with zero attached hydrogens (tertiary/aromatic N) is 2. The first kappa shape index (κ1) is 24.8. The standard InChI is InChI=1S/C24H31N3O5S2/c1-19-4-6-20(7-5-19)18-33(29,30)26-16-12-21(13-17-26)24(28)25-22-8-10-23(11-9-22)34(31,32)27-14-2-3-15-27/h4-11,21H,2-3,12-18H2,1H3,(H,25,28). The van der Waals surface area contributed by atoms with Gasteiger partial charge in [-0.25, -0.2) is 21.1 Å². The molecule has 0 atom stereocenters. The second kappa shape index (κ2) is 10.2. The number of aryl methyl sites for hydroxylation is 1. The number of nitrogens with one attached hydrogen (secondary N) is 1. The van der Waals surface area contributed by atoms with E-state index in [9.17, 15) is 21.6 Å². The van der Waals surface area contributed by atoms with Gasteiger partial charge in [0.2, 0.25) is 26.0 Å². The minimum Gasteiger partial charge on any atom is -0.326 e. The van der Waals surface area contributed by atoms with Gasteiger partial charge in [-0.1, -0.05) is 29.8 Å². The second-order valence-corrected chi connectivity index (χ2v) is 12.9. The summed E-state index contributed by atoms with van der Waals surface area (Å²) in [5.41, 5.74) is 2.36.